The van der Waals surface area contributed by atoms with E-state index in [0.29, 0.717) is 52.4 Å². The molecule has 1 N–H and O–H groups in total. The van der Waals surface area contributed by atoms with Crippen molar-refractivity contribution in [3.05, 3.63) is 74.8 Å². The topological polar surface area (TPSA) is 98.5 Å². The highest BCUT2D eigenvalue weighted by Crippen LogP contribution is 2.34. The second kappa shape index (κ2) is 11.1. The molecule has 5 rings (SSSR count). The molecule has 202 valence electrons. The Labute approximate surface area is 233 Å². The van der Waals surface area contributed by atoms with Crippen molar-refractivity contribution in [2.75, 3.05) is 42.5 Å². The minimum absolute atomic E-state index is 0.0700. The minimum atomic E-state index is -0.939. The molecule has 4 heterocycles. The number of piperazine rings is 1. The zero-order valence-corrected chi connectivity index (χ0v) is 22.8. The van der Waals surface area contributed by atoms with E-state index in [0.717, 1.165) is 23.0 Å². The number of fused-ring (bicyclic) bond motifs is 1. The Kier molecular flexibility index (Phi) is 7.67. The first kappa shape index (κ1) is 26.8. The van der Waals surface area contributed by atoms with Gasteiger partial charge in [0, 0.05) is 51.0 Å². The first-order valence-corrected chi connectivity index (χ1v) is 13.7. The van der Waals surface area contributed by atoms with Gasteiger partial charge in [-0.3, -0.25) is 23.7 Å². The van der Waals surface area contributed by atoms with E-state index in [1.807, 2.05) is 17.9 Å². The number of halogens is 1. The number of carbonyl (C=O) groups is 2. The average molecular weight is 568 g/mol. The molecule has 0 unspecified atom stereocenters. The quantitative estimate of drug-likeness (QED) is 0.340. The summed E-state index contributed by atoms with van der Waals surface area (Å²) in [4.78, 5) is 48.5. The van der Waals surface area contributed by atoms with Gasteiger partial charge in [0.05, 0.1) is 10.5 Å². The largest absolute Gasteiger partial charge is 0.481 e. The molecule has 0 bridgehead atoms. The Morgan fingerprint density at radius 3 is 2.51 bits per heavy atom. The number of nitrogens with zero attached hydrogens (tertiary/aromatic N) is 5. The van der Waals surface area contributed by atoms with Crippen molar-refractivity contribution < 1.29 is 19.1 Å². The molecule has 0 saturated carbocycles. The summed E-state index contributed by atoms with van der Waals surface area (Å²) in [6.45, 7) is 4.52. The fraction of sp³-hybridized carbons (Fsp3) is 0.296. The van der Waals surface area contributed by atoms with Gasteiger partial charge in [-0.2, -0.15) is 0 Å². The summed E-state index contributed by atoms with van der Waals surface area (Å²) >= 11 is 6.48. The van der Waals surface area contributed by atoms with Gasteiger partial charge in [0.25, 0.3) is 11.5 Å². The highest BCUT2D eigenvalue weighted by molar-refractivity contribution is 8.26. The van der Waals surface area contributed by atoms with Crippen LogP contribution in [0.1, 0.15) is 24.0 Å². The molecule has 2 fully saturated rings. The summed E-state index contributed by atoms with van der Waals surface area (Å²) < 4.78 is 15.2. The van der Waals surface area contributed by atoms with Crippen LogP contribution in [0.3, 0.4) is 0 Å². The van der Waals surface area contributed by atoms with E-state index in [2.05, 4.69) is 4.90 Å². The third-order valence-corrected chi connectivity index (χ3v) is 8.13. The number of carbonyl (C=O) groups excluding carboxylic acids is 1. The first-order chi connectivity index (χ1) is 18.7. The van der Waals surface area contributed by atoms with Crippen LogP contribution in [0.5, 0.6) is 0 Å². The number of anilines is 2. The third kappa shape index (κ3) is 5.52. The van der Waals surface area contributed by atoms with E-state index in [4.69, 9.17) is 22.3 Å². The maximum absolute atomic E-state index is 13.7. The van der Waals surface area contributed by atoms with E-state index >= 15 is 0 Å². The first-order valence-electron chi connectivity index (χ1n) is 12.5. The predicted molar refractivity (Wildman–Crippen MR) is 154 cm³/mol. The van der Waals surface area contributed by atoms with Gasteiger partial charge in [-0.15, -0.1) is 0 Å². The normalized spacial score (nSPS) is 17.1. The number of thioether (sulfide) groups is 1. The van der Waals surface area contributed by atoms with Gasteiger partial charge in [0.1, 0.15) is 21.6 Å². The van der Waals surface area contributed by atoms with Crippen molar-refractivity contribution in [1.82, 2.24) is 14.3 Å². The van der Waals surface area contributed by atoms with Gasteiger partial charge in [0.2, 0.25) is 0 Å². The van der Waals surface area contributed by atoms with E-state index in [-0.39, 0.29) is 36.7 Å². The highest BCUT2D eigenvalue weighted by Gasteiger charge is 2.33. The van der Waals surface area contributed by atoms with Crippen molar-refractivity contribution >= 4 is 63.4 Å². The number of aryl methyl sites for hydroxylation is 1. The molecule has 0 radical (unpaired) electrons. The Morgan fingerprint density at radius 1 is 1.13 bits per heavy atom. The lowest BCUT2D eigenvalue weighted by atomic mass is 10.2. The van der Waals surface area contributed by atoms with E-state index < -0.39 is 5.97 Å². The van der Waals surface area contributed by atoms with Gasteiger partial charge in [-0.25, -0.2) is 9.37 Å². The lowest BCUT2D eigenvalue weighted by Crippen LogP contribution is -2.47. The average Bonchev–Trinajstić information content (AvgIpc) is 3.18. The van der Waals surface area contributed by atoms with Crippen molar-refractivity contribution in [2.24, 2.45) is 0 Å². The molecule has 0 atom stereocenters. The van der Waals surface area contributed by atoms with Gasteiger partial charge < -0.3 is 14.9 Å². The van der Waals surface area contributed by atoms with Crippen LogP contribution in [0.4, 0.5) is 15.9 Å². The molecule has 2 aromatic heterocycles. The zero-order valence-electron chi connectivity index (χ0n) is 21.2. The second-order valence-electron chi connectivity index (χ2n) is 9.32. The number of hydrogen-bond donors (Lipinski definition) is 1. The molecule has 39 heavy (non-hydrogen) atoms. The number of aliphatic carboxylic acids is 1. The highest BCUT2D eigenvalue weighted by atomic mass is 32.2. The number of aromatic nitrogens is 2. The molecule has 1 amide bonds. The van der Waals surface area contributed by atoms with Gasteiger partial charge in [0.15, 0.2) is 0 Å². The molecule has 2 saturated heterocycles. The summed E-state index contributed by atoms with van der Waals surface area (Å²) in [5.74, 6) is -1.09. The lowest BCUT2D eigenvalue weighted by molar-refractivity contribution is -0.137. The van der Waals surface area contributed by atoms with Crippen LogP contribution in [-0.2, 0) is 9.59 Å². The van der Waals surface area contributed by atoms with Crippen LogP contribution >= 0.6 is 24.0 Å². The summed E-state index contributed by atoms with van der Waals surface area (Å²) in [5, 5.41) is 8.93. The summed E-state index contributed by atoms with van der Waals surface area (Å²) in [6, 6.07) is 10.0. The maximum Gasteiger partial charge on any atom is 0.303 e. The van der Waals surface area contributed by atoms with E-state index in [1.54, 1.807) is 30.5 Å². The number of thiocarbonyl (C=S) groups is 1. The molecule has 3 aromatic rings. The molecule has 0 spiro atoms. The van der Waals surface area contributed by atoms with Crippen LogP contribution in [0, 0.1) is 12.7 Å². The SMILES string of the molecule is Cc1cccn2c(=O)c(/C=C3\SC(=S)N(CCCC(=O)O)C3=O)c(N3CCN(c4ccc(F)cc4)CC3)nc12. The summed E-state index contributed by atoms with van der Waals surface area (Å²) in [5.41, 5.74) is 2.30. The molecule has 2 aliphatic heterocycles. The van der Waals surface area contributed by atoms with Crippen molar-refractivity contribution in [2.45, 2.75) is 19.8 Å². The third-order valence-electron chi connectivity index (χ3n) is 6.76. The van der Waals surface area contributed by atoms with Crippen molar-refractivity contribution in [3.63, 3.8) is 0 Å². The molecule has 1 aromatic carbocycles. The van der Waals surface area contributed by atoms with Crippen LogP contribution in [0.25, 0.3) is 11.7 Å². The van der Waals surface area contributed by atoms with Gasteiger partial charge in [-0.05, 0) is 55.3 Å². The van der Waals surface area contributed by atoms with Crippen molar-refractivity contribution in [3.8, 4) is 0 Å². The number of amides is 1. The predicted octanol–water partition coefficient (Wildman–Crippen LogP) is 3.53. The molecule has 0 aliphatic carbocycles. The Bertz CT molecular complexity index is 1550. The lowest BCUT2D eigenvalue weighted by Gasteiger charge is -2.37. The van der Waals surface area contributed by atoms with Gasteiger partial charge >= 0.3 is 5.97 Å². The monoisotopic (exact) mass is 567 g/mol. The Hall–Kier alpha value is -3.77. The van der Waals surface area contributed by atoms with Crippen LogP contribution in [0.15, 0.2) is 52.3 Å². The molecular weight excluding hydrogens is 541 g/mol. The minimum Gasteiger partial charge on any atom is -0.481 e. The Balaban J connectivity index is 1.48. The Morgan fingerprint density at radius 2 is 1.82 bits per heavy atom. The standard InChI is InChI=1S/C27H26FN5O4S2/c1-17-4-2-10-32-23(17)29-24(31-14-12-30(13-15-31)19-8-6-18(28)7-9-19)20(25(32)36)16-21-26(37)33(27(38)39-21)11-3-5-22(34)35/h2,4,6-10,16H,3,5,11-15H2,1H3,(H,34,35)/b21-16-. The van der Waals surface area contributed by atoms with Crippen LogP contribution in [0.2, 0.25) is 0 Å². The maximum atomic E-state index is 13.7. The molecular formula is C27H26FN5O4S2. The fourth-order valence-electron chi connectivity index (χ4n) is 4.71. The number of carboxylic acids is 1. The molecule has 2 aliphatic rings. The zero-order chi connectivity index (χ0) is 27.7. The molecule has 12 heteroatoms. The van der Waals surface area contributed by atoms with Crippen LogP contribution in [-0.4, -0.2) is 68.3 Å². The fourth-order valence-corrected chi connectivity index (χ4v) is 6.00. The second-order valence-corrected chi connectivity index (χ2v) is 11.0. The number of hydrogen-bond acceptors (Lipinski definition) is 8. The number of pyridine rings is 1. The summed E-state index contributed by atoms with van der Waals surface area (Å²) in [7, 11) is 0. The summed E-state index contributed by atoms with van der Waals surface area (Å²) in [6.07, 6.45) is 3.42. The number of carboxylic acid groups (broad SMARTS) is 1. The van der Waals surface area contributed by atoms with E-state index in [9.17, 15) is 18.8 Å². The molecule has 9 nitrogen and oxygen atoms in total. The van der Waals surface area contributed by atoms with Crippen LogP contribution < -0.4 is 15.4 Å². The van der Waals surface area contributed by atoms with Crippen molar-refractivity contribution in [1.29, 1.82) is 0 Å². The van der Waals surface area contributed by atoms with Gasteiger partial charge in [-0.1, -0.05) is 30.0 Å². The smallest absolute Gasteiger partial charge is 0.303 e. The number of benzene rings is 1. The van der Waals surface area contributed by atoms with E-state index in [1.165, 1.54) is 21.4 Å². The number of rotatable bonds is 7.